The van der Waals surface area contributed by atoms with E-state index >= 15 is 0 Å². The van der Waals surface area contributed by atoms with Gasteiger partial charge in [0.1, 0.15) is 0 Å². The summed E-state index contributed by atoms with van der Waals surface area (Å²) < 4.78 is 6.93. The number of benzene rings is 1. The number of nitrogens with zero attached hydrogens (tertiary/aromatic N) is 4. The number of thioether (sulfide) groups is 1. The number of para-hydroxylation sites is 1. The number of esters is 1. The van der Waals surface area contributed by atoms with Crippen molar-refractivity contribution >= 4 is 56.7 Å². The van der Waals surface area contributed by atoms with E-state index < -0.39 is 0 Å². The van der Waals surface area contributed by atoms with Crippen LogP contribution in [0, 0.1) is 6.92 Å². The van der Waals surface area contributed by atoms with Crippen LogP contribution in [0.4, 0.5) is 5.13 Å². The molecule has 3 aromatic heterocycles. The third kappa shape index (κ3) is 4.86. The molecule has 0 radical (unpaired) electrons. The fourth-order valence-corrected chi connectivity index (χ4v) is 4.81. The Morgan fingerprint density at radius 3 is 2.94 bits per heavy atom. The number of anilines is 1. The summed E-state index contributed by atoms with van der Waals surface area (Å²) in [5, 5.41) is 15.5. The lowest BCUT2D eigenvalue weighted by atomic mass is 10.1. The molecule has 0 saturated heterocycles. The summed E-state index contributed by atoms with van der Waals surface area (Å²) in [6, 6.07) is 10.2. The molecule has 0 aliphatic rings. The lowest BCUT2D eigenvalue weighted by molar-refractivity contribution is -0.142. The molecule has 0 aliphatic carbocycles. The largest absolute Gasteiger partial charge is 0.466 e. The van der Waals surface area contributed by atoms with Crippen molar-refractivity contribution in [1.29, 1.82) is 0 Å². The van der Waals surface area contributed by atoms with Crippen molar-refractivity contribution in [3.63, 3.8) is 0 Å². The van der Waals surface area contributed by atoms with E-state index in [0.29, 0.717) is 29.6 Å². The van der Waals surface area contributed by atoms with Crippen molar-refractivity contribution in [2.75, 3.05) is 17.7 Å². The number of nitrogens with one attached hydrogen (secondary N) is 1. The Morgan fingerprint density at radius 2 is 2.10 bits per heavy atom. The molecule has 0 atom stereocenters. The molecule has 0 fully saturated rings. The van der Waals surface area contributed by atoms with Crippen LogP contribution in [0.15, 0.2) is 40.9 Å². The summed E-state index contributed by atoms with van der Waals surface area (Å²) >= 11 is 2.78. The van der Waals surface area contributed by atoms with Crippen molar-refractivity contribution in [1.82, 2.24) is 19.6 Å². The van der Waals surface area contributed by atoms with Crippen molar-refractivity contribution < 1.29 is 14.3 Å². The molecule has 10 heteroatoms. The molecule has 0 saturated carbocycles. The monoisotopic (exact) mass is 455 g/mol. The van der Waals surface area contributed by atoms with Gasteiger partial charge < -0.3 is 10.1 Å². The second kappa shape index (κ2) is 9.44. The quantitative estimate of drug-likeness (QED) is 0.318. The topological polar surface area (TPSA) is 98.5 Å². The van der Waals surface area contributed by atoms with Gasteiger partial charge in [0.05, 0.1) is 24.2 Å². The van der Waals surface area contributed by atoms with Crippen molar-refractivity contribution in [3.05, 3.63) is 47.0 Å². The van der Waals surface area contributed by atoms with E-state index in [1.54, 1.807) is 12.3 Å². The SMILES string of the molecule is CCOC(=O)Cc1csc(NC(=O)CCSc2nnc3cc(C)c4ccccc4n23)n1. The van der Waals surface area contributed by atoms with Crippen LogP contribution < -0.4 is 5.32 Å². The molecule has 1 amide bonds. The smallest absolute Gasteiger partial charge is 0.311 e. The number of pyridine rings is 1. The number of aryl methyl sites for hydroxylation is 1. The third-order valence-corrected chi connectivity index (χ3v) is 6.30. The van der Waals surface area contributed by atoms with Crippen LogP contribution in [0.1, 0.15) is 24.6 Å². The summed E-state index contributed by atoms with van der Waals surface area (Å²) in [7, 11) is 0. The molecule has 0 bridgehead atoms. The van der Waals surface area contributed by atoms with Crippen LogP contribution in [0.5, 0.6) is 0 Å². The maximum atomic E-state index is 12.3. The molecular weight excluding hydrogens is 434 g/mol. The van der Waals surface area contributed by atoms with Gasteiger partial charge in [-0.1, -0.05) is 30.0 Å². The first kappa shape index (κ1) is 21.3. The highest BCUT2D eigenvalue weighted by molar-refractivity contribution is 7.99. The number of carbonyl (C=O) groups is 2. The number of fused-ring (bicyclic) bond motifs is 3. The van der Waals surface area contributed by atoms with Gasteiger partial charge in [0, 0.05) is 22.9 Å². The molecule has 1 N–H and O–H groups in total. The highest BCUT2D eigenvalue weighted by Crippen LogP contribution is 2.26. The Kier molecular flexibility index (Phi) is 6.47. The molecule has 0 aliphatic heterocycles. The fraction of sp³-hybridized carbons (Fsp3) is 0.286. The summed E-state index contributed by atoms with van der Waals surface area (Å²) in [6.45, 7) is 4.15. The van der Waals surface area contributed by atoms with Crippen molar-refractivity contribution in [3.8, 4) is 0 Å². The molecule has 8 nitrogen and oxygen atoms in total. The van der Waals surface area contributed by atoms with E-state index in [0.717, 1.165) is 27.3 Å². The fourth-order valence-electron chi connectivity index (χ4n) is 3.19. The van der Waals surface area contributed by atoms with Gasteiger partial charge in [-0.2, -0.15) is 0 Å². The molecule has 1 aromatic carbocycles. The molecule has 4 rings (SSSR count). The molecule has 0 spiro atoms. The van der Waals surface area contributed by atoms with Crippen LogP contribution in [0.25, 0.3) is 16.6 Å². The molecule has 160 valence electrons. The minimum absolute atomic E-state index is 0.101. The van der Waals surface area contributed by atoms with Crippen LogP contribution in [0.2, 0.25) is 0 Å². The van der Waals surface area contributed by atoms with Gasteiger partial charge in [-0.15, -0.1) is 21.5 Å². The maximum absolute atomic E-state index is 12.3. The highest BCUT2D eigenvalue weighted by Gasteiger charge is 2.13. The Hall–Kier alpha value is -2.98. The number of aromatic nitrogens is 4. The lowest BCUT2D eigenvalue weighted by Crippen LogP contribution is -2.12. The van der Waals surface area contributed by atoms with E-state index in [1.807, 2.05) is 28.7 Å². The summed E-state index contributed by atoms with van der Waals surface area (Å²) in [4.78, 5) is 28.1. The zero-order valence-electron chi connectivity index (χ0n) is 17.1. The third-order valence-electron chi connectivity index (χ3n) is 4.56. The summed E-state index contributed by atoms with van der Waals surface area (Å²) in [5.41, 5.74) is 3.58. The van der Waals surface area contributed by atoms with Crippen molar-refractivity contribution in [2.24, 2.45) is 0 Å². The zero-order chi connectivity index (χ0) is 21.8. The predicted molar refractivity (Wildman–Crippen MR) is 122 cm³/mol. The van der Waals surface area contributed by atoms with E-state index in [1.165, 1.54) is 23.1 Å². The maximum Gasteiger partial charge on any atom is 0.311 e. The average Bonchev–Trinajstić information content (AvgIpc) is 3.35. The highest BCUT2D eigenvalue weighted by atomic mass is 32.2. The first-order valence-corrected chi connectivity index (χ1v) is 11.7. The minimum atomic E-state index is -0.328. The van der Waals surface area contributed by atoms with Crippen LogP contribution in [-0.4, -0.2) is 43.8 Å². The van der Waals surface area contributed by atoms with Gasteiger partial charge in [0.25, 0.3) is 0 Å². The average molecular weight is 456 g/mol. The Balaban J connectivity index is 1.36. The molecule has 3 heterocycles. The molecule has 31 heavy (non-hydrogen) atoms. The number of ether oxygens (including phenoxy) is 1. The number of rotatable bonds is 8. The first-order chi connectivity index (χ1) is 15.0. The lowest BCUT2D eigenvalue weighted by Gasteiger charge is -2.07. The van der Waals surface area contributed by atoms with Crippen LogP contribution in [0.3, 0.4) is 0 Å². The number of amides is 1. The Labute approximate surface area is 187 Å². The van der Waals surface area contributed by atoms with E-state index in [-0.39, 0.29) is 18.3 Å². The van der Waals surface area contributed by atoms with Gasteiger partial charge in [-0.05, 0) is 31.5 Å². The zero-order valence-corrected chi connectivity index (χ0v) is 18.8. The van der Waals surface area contributed by atoms with Gasteiger partial charge in [-0.25, -0.2) is 4.98 Å². The van der Waals surface area contributed by atoms with Gasteiger partial charge in [0.2, 0.25) is 5.91 Å². The van der Waals surface area contributed by atoms with Gasteiger partial charge in [-0.3, -0.25) is 14.0 Å². The normalized spacial score (nSPS) is 11.2. The van der Waals surface area contributed by atoms with Crippen molar-refractivity contribution in [2.45, 2.75) is 31.8 Å². The number of hydrogen-bond donors (Lipinski definition) is 1. The summed E-state index contributed by atoms with van der Waals surface area (Å²) in [5.74, 6) is 0.0833. The van der Waals surface area contributed by atoms with Crippen LogP contribution in [-0.2, 0) is 20.7 Å². The Bertz CT molecular complexity index is 1250. The van der Waals surface area contributed by atoms with Crippen LogP contribution >= 0.6 is 23.1 Å². The van der Waals surface area contributed by atoms with E-state index in [4.69, 9.17) is 4.74 Å². The second-order valence-corrected chi connectivity index (χ2v) is 8.71. The number of carbonyl (C=O) groups excluding carboxylic acids is 2. The summed E-state index contributed by atoms with van der Waals surface area (Å²) in [6.07, 6.45) is 0.402. The molecule has 0 unspecified atom stereocenters. The Morgan fingerprint density at radius 1 is 1.26 bits per heavy atom. The number of thiazole rings is 1. The standard InChI is InChI=1S/C21H21N5O3S2/c1-3-29-19(28)11-14-12-31-20(22-14)23-18(27)8-9-30-21-25-24-17-10-13(2)15-6-4-5-7-16(15)26(17)21/h4-7,10,12H,3,8-9,11H2,1-2H3,(H,22,23,27). The van der Waals surface area contributed by atoms with E-state index in [9.17, 15) is 9.59 Å². The van der Waals surface area contributed by atoms with Gasteiger partial charge in [0.15, 0.2) is 15.9 Å². The minimum Gasteiger partial charge on any atom is -0.466 e. The molecular formula is C21H21N5O3S2. The second-order valence-electron chi connectivity index (χ2n) is 6.79. The van der Waals surface area contributed by atoms with E-state index in [2.05, 4.69) is 33.5 Å². The predicted octanol–water partition coefficient (Wildman–Crippen LogP) is 3.87. The first-order valence-electron chi connectivity index (χ1n) is 9.81. The number of hydrogen-bond acceptors (Lipinski definition) is 8. The van der Waals surface area contributed by atoms with Gasteiger partial charge >= 0.3 is 5.97 Å². The molecule has 4 aromatic rings.